The number of hydrogen-bond acceptors (Lipinski definition) is 4. The van der Waals surface area contributed by atoms with Gasteiger partial charge >= 0.3 is 5.97 Å². The Kier molecular flexibility index (Phi) is 5.74. The fourth-order valence-electron chi connectivity index (χ4n) is 2.07. The van der Waals surface area contributed by atoms with Crippen LogP contribution in [0, 0.1) is 0 Å². The molecule has 0 heterocycles. The molecule has 0 fully saturated rings. The Morgan fingerprint density at radius 1 is 1.00 bits per heavy atom. The first-order valence-electron chi connectivity index (χ1n) is 7.46. The van der Waals surface area contributed by atoms with Gasteiger partial charge in [-0.2, -0.15) is 0 Å². The van der Waals surface area contributed by atoms with Crippen molar-refractivity contribution in [1.29, 1.82) is 0 Å². The second-order valence-electron chi connectivity index (χ2n) is 4.68. The van der Waals surface area contributed by atoms with E-state index in [2.05, 4.69) is 5.32 Å². The fraction of sp³-hybridized carbons (Fsp3) is 0.222. The Morgan fingerprint density at radius 2 is 1.78 bits per heavy atom. The van der Waals surface area contributed by atoms with Crippen molar-refractivity contribution in [2.45, 2.75) is 13.8 Å². The number of anilines is 1. The van der Waals surface area contributed by atoms with Gasteiger partial charge in [0.2, 0.25) is 0 Å². The normalized spacial score (nSPS) is 10.0. The van der Waals surface area contributed by atoms with E-state index in [0.29, 0.717) is 35.8 Å². The summed E-state index contributed by atoms with van der Waals surface area (Å²) < 4.78 is 10.4. The molecule has 5 heteroatoms. The molecule has 0 aromatic heterocycles. The van der Waals surface area contributed by atoms with Gasteiger partial charge in [-0.1, -0.05) is 18.2 Å². The highest BCUT2D eigenvalue weighted by Crippen LogP contribution is 2.20. The number of benzene rings is 2. The smallest absolute Gasteiger partial charge is 0.338 e. The molecule has 0 aliphatic heterocycles. The molecule has 5 nitrogen and oxygen atoms in total. The lowest BCUT2D eigenvalue weighted by molar-refractivity contribution is 0.0526. The summed E-state index contributed by atoms with van der Waals surface area (Å²) in [5.74, 6) is -0.192. The van der Waals surface area contributed by atoms with Crippen LogP contribution in [0.4, 0.5) is 5.69 Å². The minimum absolute atomic E-state index is 0.296. The van der Waals surface area contributed by atoms with Gasteiger partial charge in [0.05, 0.1) is 24.3 Å². The molecular formula is C18H19NO4. The number of amides is 1. The summed E-state index contributed by atoms with van der Waals surface area (Å²) in [6, 6.07) is 13.6. The van der Waals surface area contributed by atoms with Gasteiger partial charge in [0, 0.05) is 5.69 Å². The van der Waals surface area contributed by atoms with Crippen molar-refractivity contribution in [2.75, 3.05) is 18.5 Å². The van der Waals surface area contributed by atoms with Gasteiger partial charge in [0.1, 0.15) is 5.75 Å². The quantitative estimate of drug-likeness (QED) is 0.829. The minimum atomic E-state index is -0.418. The molecule has 0 saturated carbocycles. The van der Waals surface area contributed by atoms with Crippen LogP contribution in [0.5, 0.6) is 5.75 Å². The van der Waals surface area contributed by atoms with Gasteiger partial charge < -0.3 is 14.8 Å². The van der Waals surface area contributed by atoms with Crippen molar-refractivity contribution in [3.05, 3.63) is 59.7 Å². The zero-order chi connectivity index (χ0) is 16.7. The Labute approximate surface area is 135 Å². The van der Waals surface area contributed by atoms with Crippen LogP contribution in [-0.4, -0.2) is 25.1 Å². The Morgan fingerprint density at radius 3 is 2.52 bits per heavy atom. The second-order valence-corrected chi connectivity index (χ2v) is 4.68. The molecular weight excluding hydrogens is 294 g/mol. The number of rotatable bonds is 6. The van der Waals surface area contributed by atoms with Gasteiger partial charge in [0.25, 0.3) is 5.91 Å². The summed E-state index contributed by atoms with van der Waals surface area (Å²) >= 11 is 0. The standard InChI is InChI=1S/C18H19NO4/c1-3-22-16-11-6-5-10-15(16)17(20)19-14-9-7-8-13(12-14)18(21)23-4-2/h5-12H,3-4H2,1-2H3,(H,19,20). The molecule has 0 unspecified atom stereocenters. The molecule has 0 aliphatic rings. The summed E-state index contributed by atoms with van der Waals surface area (Å²) in [5, 5.41) is 2.77. The van der Waals surface area contributed by atoms with Crippen LogP contribution >= 0.6 is 0 Å². The molecule has 2 rings (SSSR count). The maximum absolute atomic E-state index is 12.4. The van der Waals surface area contributed by atoms with Gasteiger partial charge in [-0.05, 0) is 44.2 Å². The average Bonchev–Trinajstić information content (AvgIpc) is 2.56. The summed E-state index contributed by atoms with van der Waals surface area (Å²) in [6.07, 6.45) is 0. The molecule has 2 aromatic carbocycles. The Hall–Kier alpha value is -2.82. The number of carbonyl (C=O) groups is 2. The highest BCUT2D eigenvalue weighted by molar-refractivity contribution is 6.06. The fourth-order valence-corrected chi connectivity index (χ4v) is 2.07. The maximum atomic E-state index is 12.4. The average molecular weight is 313 g/mol. The van der Waals surface area contributed by atoms with Gasteiger partial charge in [-0.25, -0.2) is 4.79 Å². The maximum Gasteiger partial charge on any atom is 0.338 e. The second kappa shape index (κ2) is 7.98. The molecule has 0 atom stereocenters. The van der Waals surface area contributed by atoms with E-state index in [9.17, 15) is 9.59 Å². The highest BCUT2D eigenvalue weighted by atomic mass is 16.5. The molecule has 2 aromatic rings. The number of ether oxygens (including phenoxy) is 2. The predicted molar refractivity (Wildman–Crippen MR) is 88.0 cm³/mol. The van der Waals surface area contributed by atoms with Gasteiger partial charge in [0.15, 0.2) is 0 Å². The van der Waals surface area contributed by atoms with E-state index in [-0.39, 0.29) is 5.91 Å². The van der Waals surface area contributed by atoms with Crippen LogP contribution in [0.25, 0.3) is 0 Å². The zero-order valence-corrected chi connectivity index (χ0v) is 13.2. The van der Waals surface area contributed by atoms with Crippen molar-refractivity contribution in [1.82, 2.24) is 0 Å². The number of nitrogens with one attached hydrogen (secondary N) is 1. The number of hydrogen-bond donors (Lipinski definition) is 1. The van der Waals surface area contributed by atoms with Crippen LogP contribution in [0.3, 0.4) is 0 Å². The molecule has 1 N–H and O–H groups in total. The first-order valence-corrected chi connectivity index (χ1v) is 7.46. The number of carbonyl (C=O) groups excluding carboxylic acids is 2. The summed E-state index contributed by atoms with van der Waals surface area (Å²) in [4.78, 5) is 24.1. The SMILES string of the molecule is CCOC(=O)c1cccc(NC(=O)c2ccccc2OCC)c1. The first kappa shape index (κ1) is 16.5. The van der Waals surface area contributed by atoms with E-state index in [1.165, 1.54) is 0 Å². The van der Waals surface area contributed by atoms with Crippen molar-refractivity contribution in [2.24, 2.45) is 0 Å². The van der Waals surface area contributed by atoms with E-state index in [1.54, 1.807) is 49.4 Å². The minimum Gasteiger partial charge on any atom is -0.493 e. The third-order valence-electron chi connectivity index (χ3n) is 3.06. The van der Waals surface area contributed by atoms with Crippen LogP contribution in [0.1, 0.15) is 34.6 Å². The largest absolute Gasteiger partial charge is 0.493 e. The van der Waals surface area contributed by atoms with E-state index in [0.717, 1.165) is 0 Å². The number of para-hydroxylation sites is 1. The molecule has 0 spiro atoms. The van der Waals surface area contributed by atoms with Crippen molar-refractivity contribution < 1.29 is 19.1 Å². The third-order valence-corrected chi connectivity index (χ3v) is 3.06. The van der Waals surface area contributed by atoms with E-state index in [4.69, 9.17) is 9.47 Å². The van der Waals surface area contributed by atoms with Crippen molar-refractivity contribution >= 4 is 17.6 Å². The lowest BCUT2D eigenvalue weighted by atomic mass is 10.1. The van der Waals surface area contributed by atoms with E-state index >= 15 is 0 Å². The highest BCUT2D eigenvalue weighted by Gasteiger charge is 2.13. The zero-order valence-electron chi connectivity index (χ0n) is 13.2. The molecule has 1 amide bonds. The van der Waals surface area contributed by atoms with Crippen molar-refractivity contribution in [3.8, 4) is 5.75 Å². The van der Waals surface area contributed by atoms with Crippen LogP contribution in [-0.2, 0) is 4.74 Å². The van der Waals surface area contributed by atoms with Crippen LogP contribution < -0.4 is 10.1 Å². The summed E-state index contributed by atoms with van der Waals surface area (Å²) in [7, 11) is 0. The third kappa shape index (κ3) is 4.32. The monoisotopic (exact) mass is 313 g/mol. The molecule has 23 heavy (non-hydrogen) atoms. The van der Waals surface area contributed by atoms with Crippen LogP contribution in [0.15, 0.2) is 48.5 Å². The van der Waals surface area contributed by atoms with Crippen molar-refractivity contribution in [3.63, 3.8) is 0 Å². The topological polar surface area (TPSA) is 64.6 Å². The lowest BCUT2D eigenvalue weighted by Gasteiger charge is -2.11. The molecule has 0 saturated heterocycles. The molecule has 0 bridgehead atoms. The Bertz CT molecular complexity index is 697. The summed E-state index contributed by atoms with van der Waals surface area (Å²) in [5.41, 5.74) is 1.35. The van der Waals surface area contributed by atoms with Crippen LogP contribution in [0.2, 0.25) is 0 Å². The lowest BCUT2D eigenvalue weighted by Crippen LogP contribution is -2.14. The predicted octanol–water partition coefficient (Wildman–Crippen LogP) is 3.51. The first-order chi connectivity index (χ1) is 11.2. The number of esters is 1. The molecule has 0 aliphatic carbocycles. The van der Waals surface area contributed by atoms with E-state index < -0.39 is 5.97 Å². The summed E-state index contributed by atoms with van der Waals surface area (Å²) in [6.45, 7) is 4.38. The van der Waals surface area contributed by atoms with E-state index in [1.807, 2.05) is 13.0 Å². The molecule has 0 radical (unpaired) electrons. The van der Waals surface area contributed by atoms with Gasteiger partial charge in [-0.3, -0.25) is 4.79 Å². The molecule has 120 valence electrons. The van der Waals surface area contributed by atoms with Gasteiger partial charge in [-0.15, -0.1) is 0 Å². The Balaban J connectivity index is 2.18.